The second-order valence-electron chi connectivity index (χ2n) is 7.79. The van der Waals surface area contributed by atoms with E-state index in [1.807, 2.05) is 13.8 Å². The third-order valence-corrected chi connectivity index (χ3v) is 7.00. The molecule has 2 aliphatic carbocycles. The van der Waals surface area contributed by atoms with E-state index in [9.17, 15) is 4.79 Å². The highest BCUT2D eigenvalue weighted by molar-refractivity contribution is 7.20. The van der Waals surface area contributed by atoms with E-state index in [2.05, 4.69) is 29.6 Å². The summed E-state index contributed by atoms with van der Waals surface area (Å²) in [5.74, 6) is 1.49. The Balaban J connectivity index is 1.48. The van der Waals surface area contributed by atoms with Crippen molar-refractivity contribution < 1.29 is 4.79 Å². The van der Waals surface area contributed by atoms with Gasteiger partial charge in [0.1, 0.15) is 10.7 Å². The molecule has 0 aliphatic heterocycles. The van der Waals surface area contributed by atoms with Gasteiger partial charge >= 0.3 is 0 Å². The Morgan fingerprint density at radius 1 is 1.15 bits per heavy atom. The van der Waals surface area contributed by atoms with Gasteiger partial charge in [-0.05, 0) is 62.6 Å². The number of thiophene rings is 1. The summed E-state index contributed by atoms with van der Waals surface area (Å²) in [6.45, 7) is 4.06. The average Bonchev–Trinajstić information content (AvgIpc) is 3.46. The average molecular weight is 378 g/mol. The van der Waals surface area contributed by atoms with Crippen LogP contribution in [0, 0.1) is 13.8 Å². The minimum Gasteiger partial charge on any atom is -0.345 e. The number of carbonyl (C=O) groups excluding carboxylic acids is 1. The maximum Gasteiger partial charge on any atom is 0.262 e. The van der Waals surface area contributed by atoms with Crippen LogP contribution in [0.25, 0.3) is 10.2 Å². The predicted molar refractivity (Wildman–Crippen MR) is 108 cm³/mol. The number of aromatic nitrogens is 2. The number of carbonyl (C=O) groups is 1. The maximum absolute atomic E-state index is 13.1. The van der Waals surface area contributed by atoms with Gasteiger partial charge in [-0.1, -0.05) is 24.3 Å². The number of hydrogen-bond acceptors (Lipinski definition) is 4. The lowest BCUT2D eigenvalue weighted by molar-refractivity contribution is 0.0936. The molecule has 1 aromatic carbocycles. The van der Waals surface area contributed by atoms with Crippen molar-refractivity contribution in [2.24, 2.45) is 0 Å². The van der Waals surface area contributed by atoms with Crippen LogP contribution in [0.5, 0.6) is 0 Å². The highest BCUT2D eigenvalue weighted by Crippen LogP contribution is 2.40. The van der Waals surface area contributed by atoms with Crippen LogP contribution in [0.4, 0.5) is 0 Å². The van der Waals surface area contributed by atoms with Gasteiger partial charge in [0.15, 0.2) is 0 Å². The molecule has 0 bridgehead atoms. The summed E-state index contributed by atoms with van der Waals surface area (Å²) in [5.41, 5.74) is 4.63. The molecule has 0 radical (unpaired) electrons. The quantitative estimate of drug-likeness (QED) is 0.699. The maximum atomic E-state index is 13.1. The van der Waals surface area contributed by atoms with E-state index < -0.39 is 0 Å². The van der Waals surface area contributed by atoms with Gasteiger partial charge in [0.2, 0.25) is 0 Å². The number of amides is 1. The number of rotatable bonds is 3. The summed E-state index contributed by atoms with van der Waals surface area (Å²) in [6, 6.07) is 8.57. The molecule has 0 saturated heterocycles. The first-order valence-electron chi connectivity index (χ1n) is 9.78. The zero-order valence-corrected chi connectivity index (χ0v) is 16.5. The van der Waals surface area contributed by atoms with E-state index in [4.69, 9.17) is 9.97 Å². The van der Waals surface area contributed by atoms with Gasteiger partial charge in [-0.25, -0.2) is 9.97 Å². The molecule has 2 aliphatic rings. The third kappa shape index (κ3) is 2.94. The molecule has 4 nitrogen and oxygen atoms in total. The number of nitrogens with zero attached hydrogens (tertiary/aromatic N) is 2. The van der Waals surface area contributed by atoms with Crippen molar-refractivity contribution in [3.63, 3.8) is 0 Å². The molecule has 5 heteroatoms. The van der Waals surface area contributed by atoms with Crippen molar-refractivity contribution in [1.82, 2.24) is 15.3 Å². The number of aryl methyl sites for hydroxylation is 3. The molecule has 1 unspecified atom stereocenters. The van der Waals surface area contributed by atoms with E-state index in [0.29, 0.717) is 5.92 Å². The summed E-state index contributed by atoms with van der Waals surface area (Å²) in [6.07, 6.45) is 5.58. The third-order valence-electron chi connectivity index (χ3n) is 5.81. The molecule has 1 amide bonds. The van der Waals surface area contributed by atoms with Crippen LogP contribution in [0.15, 0.2) is 24.3 Å². The zero-order valence-electron chi connectivity index (χ0n) is 15.7. The molecule has 1 N–H and O–H groups in total. The van der Waals surface area contributed by atoms with Gasteiger partial charge in [0.05, 0.1) is 16.6 Å². The summed E-state index contributed by atoms with van der Waals surface area (Å²) >= 11 is 1.51. The van der Waals surface area contributed by atoms with E-state index in [-0.39, 0.29) is 11.9 Å². The van der Waals surface area contributed by atoms with Gasteiger partial charge < -0.3 is 5.32 Å². The van der Waals surface area contributed by atoms with Crippen LogP contribution in [-0.4, -0.2) is 15.9 Å². The fraction of sp³-hybridized carbons (Fsp3) is 0.409. The highest BCUT2D eigenvalue weighted by atomic mass is 32.1. The van der Waals surface area contributed by atoms with Crippen molar-refractivity contribution in [1.29, 1.82) is 0 Å². The Hall–Kier alpha value is -2.27. The van der Waals surface area contributed by atoms with E-state index in [1.165, 1.54) is 35.3 Å². The Morgan fingerprint density at radius 2 is 1.96 bits per heavy atom. The van der Waals surface area contributed by atoms with Gasteiger partial charge in [0, 0.05) is 11.3 Å². The van der Waals surface area contributed by atoms with Gasteiger partial charge in [0.25, 0.3) is 5.91 Å². The molecule has 138 valence electrons. The number of nitrogens with one attached hydrogen (secondary N) is 1. The van der Waals surface area contributed by atoms with Crippen molar-refractivity contribution in [2.75, 3.05) is 0 Å². The second kappa shape index (κ2) is 6.41. The fourth-order valence-corrected chi connectivity index (χ4v) is 5.37. The lowest BCUT2D eigenvalue weighted by Gasteiger charge is -2.26. The molecule has 1 fully saturated rings. The first-order valence-corrected chi connectivity index (χ1v) is 10.6. The standard InChI is InChI=1S/C22H23N3OS/c1-12-18-13(2)23-20(15-10-11-15)25-22(18)27-19(12)21(26)24-17-9-5-7-14-6-3-4-8-16(14)17/h3-4,6,8,15,17H,5,7,9-11H2,1-2H3,(H,24,26). The van der Waals surface area contributed by atoms with Crippen molar-refractivity contribution >= 4 is 27.5 Å². The second-order valence-corrected chi connectivity index (χ2v) is 8.79. The molecule has 27 heavy (non-hydrogen) atoms. The molecule has 2 aromatic heterocycles. The van der Waals surface area contributed by atoms with Crippen LogP contribution in [0.1, 0.15) is 75.5 Å². The fourth-order valence-electron chi connectivity index (χ4n) is 4.23. The molecule has 2 heterocycles. The first-order chi connectivity index (χ1) is 13.1. The van der Waals surface area contributed by atoms with Crippen LogP contribution >= 0.6 is 11.3 Å². The molecule has 5 rings (SSSR count). The van der Waals surface area contributed by atoms with Crippen molar-refractivity contribution in [2.45, 2.75) is 57.9 Å². The lowest BCUT2D eigenvalue weighted by atomic mass is 9.87. The normalized spacial score (nSPS) is 19.1. The lowest BCUT2D eigenvalue weighted by Crippen LogP contribution is -2.30. The van der Waals surface area contributed by atoms with Gasteiger partial charge in [-0.2, -0.15) is 0 Å². The van der Waals surface area contributed by atoms with E-state index in [0.717, 1.165) is 51.4 Å². The molecule has 1 atom stereocenters. The Labute approximate surface area is 163 Å². The smallest absolute Gasteiger partial charge is 0.262 e. The molecule has 1 saturated carbocycles. The summed E-state index contributed by atoms with van der Waals surface area (Å²) < 4.78 is 0. The molecule has 0 spiro atoms. The Bertz CT molecular complexity index is 1050. The van der Waals surface area contributed by atoms with Crippen LogP contribution in [0.2, 0.25) is 0 Å². The van der Waals surface area contributed by atoms with Crippen LogP contribution < -0.4 is 5.32 Å². The van der Waals surface area contributed by atoms with Gasteiger partial charge in [-0.3, -0.25) is 4.79 Å². The van der Waals surface area contributed by atoms with Gasteiger partial charge in [-0.15, -0.1) is 11.3 Å². The summed E-state index contributed by atoms with van der Waals surface area (Å²) in [4.78, 5) is 24.3. The first kappa shape index (κ1) is 16.9. The van der Waals surface area contributed by atoms with Crippen LogP contribution in [0.3, 0.4) is 0 Å². The van der Waals surface area contributed by atoms with E-state index >= 15 is 0 Å². The molecule has 3 aromatic rings. The monoisotopic (exact) mass is 377 g/mol. The Morgan fingerprint density at radius 3 is 2.78 bits per heavy atom. The topological polar surface area (TPSA) is 54.9 Å². The molecular weight excluding hydrogens is 354 g/mol. The predicted octanol–water partition coefficient (Wildman–Crippen LogP) is 4.99. The zero-order chi connectivity index (χ0) is 18.5. The van der Waals surface area contributed by atoms with Crippen LogP contribution in [-0.2, 0) is 6.42 Å². The minimum atomic E-state index is 0.0181. The Kier molecular flexibility index (Phi) is 4.01. The summed E-state index contributed by atoms with van der Waals surface area (Å²) in [5, 5.41) is 4.34. The number of benzene rings is 1. The number of fused-ring (bicyclic) bond motifs is 2. The SMILES string of the molecule is Cc1nc(C2CC2)nc2sc(C(=O)NC3CCCc4ccccc43)c(C)c12. The molecular formula is C22H23N3OS. The minimum absolute atomic E-state index is 0.0181. The largest absolute Gasteiger partial charge is 0.345 e. The highest BCUT2D eigenvalue weighted by Gasteiger charge is 2.29. The summed E-state index contributed by atoms with van der Waals surface area (Å²) in [7, 11) is 0. The number of hydrogen-bond donors (Lipinski definition) is 1. The van der Waals surface area contributed by atoms with Crippen molar-refractivity contribution in [3.05, 3.63) is 57.4 Å². The van der Waals surface area contributed by atoms with Crippen molar-refractivity contribution in [3.8, 4) is 0 Å². The van der Waals surface area contributed by atoms with E-state index in [1.54, 1.807) is 0 Å².